The molecule has 1 aliphatic rings. The Bertz CT molecular complexity index is 196. The molecule has 4 nitrogen and oxygen atoms in total. The number of nitrogens with one attached hydrogen (secondary N) is 1. The van der Waals surface area contributed by atoms with Crippen molar-refractivity contribution in [2.24, 2.45) is 5.92 Å². The zero-order valence-corrected chi connectivity index (χ0v) is 8.57. The second kappa shape index (κ2) is 5.32. The van der Waals surface area contributed by atoms with Crippen molar-refractivity contribution in [2.75, 3.05) is 6.61 Å². The van der Waals surface area contributed by atoms with Gasteiger partial charge in [0.2, 0.25) is 5.91 Å². The van der Waals surface area contributed by atoms with Gasteiger partial charge in [-0.25, -0.2) is 0 Å². The highest BCUT2D eigenvalue weighted by atomic mass is 16.3. The van der Waals surface area contributed by atoms with Crippen LogP contribution in [0.5, 0.6) is 0 Å². The smallest absolute Gasteiger partial charge is 0.220 e. The first-order valence-corrected chi connectivity index (χ1v) is 5.25. The van der Waals surface area contributed by atoms with E-state index in [1.54, 1.807) is 0 Å². The van der Waals surface area contributed by atoms with Gasteiger partial charge in [-0.05, 0) is 19.3 Å². The van der Waals surface area contributed by atoms with Crippen LogP contribution in [0.1, 0.15) is 32.6 Å². The minimum Gasteiger partial charge on any atom is -0.396 e. The third kappa shape index (κ3) is 2.96. The zero-order valence-electron chi connectivity index (χ0n) is 8.57. The first-order chi connectivity index (χ1) is 6.67. The van der Waals surface area contributed by atoms with E-state index in [4.69, 9.17) is 5.11 Å². The first kappa shape index (κ1) is 11.5. The first-order valence-electron chi connectivity index (χ1n) is 5.25. The second-order valence-corrected chi connectivity index (χ2v) is 4.00. The quantitative estimate of drug-likeness (QED) is 0.601. The van der Waals surface area contributed by atoms with Crippen LogP contribution in [0.25, 0.3) is 0 Å². The van der Waals surface area contributed by atoms with Crippen molar-refractivity contribution in [3.05, 3.63) is 0 Å². The predicted molar refractivity (Wildman–Crippen MR) is 52.7 cm³/mol. The SMILES string of the molecule is CCCC(=O)N[C@H]1C[C@H](CO)[C@H](O)C1. The van der Waals surface area contributed by atoms with Gasteiger partial charge in [-0.3, -0.25) is 4.79 Å². The summed E-state index contributed by atoms with van der Waals surface area (Å²) in [6, 6.07) is 0.0428. The third-order valence-corrected chi connectivity index (χ3v) is 2.73. The van der Waals surface area contributed by atoms with Gasteiger partial charge in [0.15, 0.2) is 0 Å². The molecule has 0 spiro atoms. The average Bonchev–Trinajstić information content (AvgIpc) is 2.46. The number of rotatable bonds is 4. The molecule has 0 aromatic carbocycles. The predicted octanol–water partition coefficient (Wildman–Crippen LogP) is 0.0345. The Labute approximate surface area is 84.3 Å². The highest BCUT2D eigenvalue weighted by Gasteiger charge is 2.32. The van der Waals surface area contributed by atoms with Crippen LogP contribution in [-0.4, -0.2) is 34.9 Å². The summed E-state index contributed by atoms with van der Waals surface area (Å²) >= 11 is 0. The number of hydrogen-bond donors (Lipinski definition) is 3. The number of carbonyl (C=O) groups is 1. The minimum atomic E-state index is -0.466. The fraction of sp³-hybridized carbons (Fsp3) is 0.900. The summed E-state index contributed by atoms with van der Waals surface area (Å²) in [5, 5.41) is 21.3. The molecule has 0 bridgehead atoms. The molecule has 4 heteroatoms. The molecule has 0 unspecified atom stereocenters. The molecule has 82 valence electrons. The highest BCUT2D eigenvalue weighted by Crippen LogP contribution is 2.25. The van der Waals surface area contributed by atoms with E-state index in [2.05, 4.69) is 5.32 Å². The average molecular weight is 201 g/mol. The molecular formula is C10H19NO3. The van der Waals surface area contributed by atoms with Gasteiger partial charge < -0.3 is 15.5 Å². The van der Waals surface area contributed by atoms with E-state index in [0.29, 0.717) is 19.3 Å². The van der Waals surface area contributed by atoms with Gasteiger partial charge in [-0.15, -0.1) is 0 Å². The molecule has 0 aromatic rings. The van der Waals surface area contributed by atoms with Crippen molar-refractivity contribution in [2.45, 2.75) is 44.8 Å². The number of hydrogen-bond acceptors (Lipinski definition) is 3. The van der Waals surface area contributed by atoms with Gasteiger partial charge in [0.05, 0.1) is 6.10 Å². The van der Waals surface area contributed by atoms with Gasteiger partial charge in [0.1, 0.15) is 0 Å². The molecule has 3 atom stereocenters. The molecular weight excluding hydrogens is 182 g/mol. The molecule has 3 N–H and O–H groups in total. The van der Waals surface area contributed by atoms with Crippen molar-refractivity contribution in [1.82, 2.24) is 5.32 Å². The molecule has 0 aliphatic heterocycles. The fourth-order valence-electron chi connectivity index (χ4n) is 1.94. The lowest BCUT2D eigenvalue weighted by molar-refractivity contribution is -0.121. The van der Waals surface area contributed by atoms with E-state index in [9.17, 15) is 9.90 Å². The summed E-state index contributed by atoms with van der Waals surface area (Å²) in [6.07, 6.45) is 2.17. The Morgan fingerprint density at radius 1 is 1.50 bits per heavy atom. The van der Waals surface area contributed by atoms with E-state index in [-0.39, 0.29) is 24.5 Å². The van der Waals surface area contributed by atoms with Crippen LogP contribution < -0.4 is 5.32 Å². The minimum absolute atomic E-state index is 0.00130. The van der Waals surface area contributed by atoms with Crippen LogP contribution in [0.15, 0.2) is 0 Å². The van der Waals surface area contributed by atoms with Crippen molar-refractivity contribution in [1.29, 1.82) is 0 Å². The molecule has 1 saturated carbocycles. The van der Waals surface area contributed by atoms with Crippen LogP contribution >= 0.6 is 0 Å². The van der Waals surface area contributed by atoms with Crippen molar-refractivity contribution >= 4 is 5.91 Å². The van der Waals surface area contributed by atoms with Gasteiger partial charge in [-0.1, -0.05) is 6.92 Å². The van der Waals surface area contributed by atoms with Crippen molar-refractivity contribution in [3.63, 3.8) is 0 Å². The Kier molecular flexibility index (Phi) is 4.35. The van der Waals surface area contributed by atoms with Crippen LogP contribution in [0.3, 0.4) is 0 Å². The van der Waals surface area contributed by atoms with E-state index in [1.165, 1.54) is 0 Å². The molecule has 1 fully saturated rings. The van der Waals surface area contributed by atoms with Gasteiger partial charge >= 0.3 is 0 Å². The number of amides is 1. The van der Waals surface area contributed by atoms with Crippen LogP contribution in [-0.2, 0) is 4.79 Å². The number of aliphatic hydroxyl groups is 2. The summed E-state index contributed by atoms with van der Waals surface area (Å²) in [5.74, 6) is -0.0229. The highest BCUT2D eigenvalue weighted by molar-refractivity contribution is 5.76. The maximum absolute atomic E-state index is 11.2. The normalized spacial score (nSPS) is 31.8. The second-order valence-electron chi connectivity index (χ2n) is 4.00. The standard InChI is InChI=1S/C10H19NO3/c1-2-3-10(14)11-8-4-7(6-12)9(13)5-8/h7-9,12-13H,2-6H2,1H3,(H,11,14)/t7-,8+,9-/m1/s1. The lowest BCUT2D eigenvalue weighted by Gasteiger charge is -2.11. The molecule has 0 aromatic heterocycles. The lowest BCUT2D eigenvalue weighted by Crippen LogP contribution is -2.33. The summed E-state index contributed by atoms with van der Waals surface area (Å²) in [5.41, 5.74) is 0. The van der Waals surface area contributed by atoms with Crippen molar-refractivity contribution < 1.29 is 15.0 Å². The Balaban J connectivity index is 2.31. The molecule has 1 amide bonds. The van der Waals surface area contributed by atoms with Crippen LogP contribution in [0.4, 0.5) is 0 Å². The maximum Gasteiger partial charge on any atom is 0.220 e. The van der Waals surface area contributed by atoms with E-state index >= 15 is 0 Å². The lowest BCUT2D eigenvalue weighted by atomic mass is 10.1. The number of carbonyl (C=O) groups excluding carboxylic acids is 1. The van der Waals surface area contributed by atoms with Gasteiger partial charge in [0, 0.05) is 25.0 Å². The molecule has 0 radical (unpaired) electrons. The topological polar surface area (TPSA) is 69.6 Å². The van der Waals surface area contributed by atoms with Crippen LogP contribution in [0, 0.1) is 5.92 Å². The van der Waals surface area contributed by atoms with Crippen molar-refractivity contribution in [3.8, 4) is 0 Å². The Morgan fingerprint density at radius 2 is 2.21 bits per heavy atom. The van der Waals surface area contributed by atoms with E-state index < -0.39 is 6.10 Å². The molecule has 14 heavy (non-hydrogen) atoms. The Hall–Kier alpha value is -0.610. The Morgan fingerprint density at radius 3 is 2.71 bits per heavy atom. The monoisotopic (exact) mass is 201 g/mol. The summed E-state index contributed by atoms with van der Waals surface area (Å²) < 4.78 is 0. The largest absolute Gasteiger partial charge is 0.396 e. The summed E-state index contributed by atoms with van der Waals surface area (Å²) in [4.78, 5) is 11.2. The summed E-state index contributed by atoms with van der Waals surface area (Å²) in [6.45, 7) is 1.96. The third-order valence-electron chi connectivity index (χ3n) is 2.73. The number of aliphatic hydroxyl groups excluding tert-OH is 2. The zero-order chi connectivity index (χ0) is 10.6. The molecule has 0 saturated heterocycles. The van der Waals surface area contributed by atoms with E-state index in [1.807, 2.05) is 6.92 Å². The van der Waals surface area contributed by atoms with Gasteiger partial charge in [0.25, 0.3) is 0 Å². The maximum atomic E-state index is 11.2. The van der Waals surface area contributed by atoms with Crippen LogP contribution in [0.2, 0.25) is 0 Å². The molecule has 0 heterocycles. The summed E-state index contributed by atoms with van der Waals surface area (Å²) in [7, 11) is 0. The molecule has 1 aliphatic carbocycles. The van der Waals surface area contributed by atoms with Gasteiger partial charge in [-0.2, -0.15) is 0 Å². The fourth-order valence-corrected chi connectivity index (χ4v) is 1.94. The van der Waals surface area contributed by atoms with E-state index in [0.717, 1.165) is 6.42 Å². The molecule has 1 rings (SSSR count).